The molecule has 0 aliphatic heterocycles. The van der Waals surface area contributed by atoms with E-state index in [1.54, 1.807) is 42.5 Å². The highest BCUT2D eigenvalue weighted by molar-refractivity contribution is 6.06. The Morgan fingerprint density at radius 2 is 1.46 bits per heavy atom. The summed E-state index contributed by atoms with van der Waals surface area (Å²) < 4.78 is 0. The molecule has 41 heavy (non-hydrogen) atoms. The lowest BCUT2D eigenvalue weighted by Crippen LogP contribution is -2.11. The first-order chi connectivity index (χ1) is 19.6. The van der Waals surface area contributed by atoms with Gasteiger partial charge in [-0.2, -0.15) is 10.5 Å². The lowest BCUT2D eigenvalue weighted by molar-refractivity contribution is -0.393. The number of fused-ring (bicyclic) bond motifs is 3. The Bertz CT molecular complexity index is 1900. The molecular weight excluding hydrogens is 524 g/mol. The average molecular weight is 543 g/mol. The van der Waals surface area contributed by atoms with Crippen molar-refractivity contribution in [2.75, 3.05) is 0 Å². The lowest BCUT2D eigenvalue weighted by Gasteiger charge is -2.04. The number of nitriles is 2. The van der Waals surface area contributed by atoms with Gasteiger partial charge in [-0.1, -0.05) is 54.6 Å². The summed E-state index contributed by atoms with van der Waals surface area (Å²) in [5.41, 5.74) is 2.12. The summed E-state index contributed by atoms with van der Waals surface area (Å²) in [5.74, 6) is 0.363. The zero-order valence-electron chi connectivity index (χ0n) is 21.5. The van der Waals surface area contributed by atoms with Gasteiger partial charge >= 0.3 is 0 Å². The van der Waals surface area contributed by atoms with Crippen molar-refractivity contribution in [1.29, 1.82) is 10.5 Å². The molecule has 1 aliphatic rings. The van der Waals surface area contributed by atoms with Crippen LogP contribution < -0.4 is 10.4 Å². The summed E-state index contributed by atoms with van der Waals surface area (Å²) in [7, 11) is 0. The number of nitro groups is 2. The zero-order chi connectivity index (χ0) is 30.3. The highest BCUT2D eigenvalue weighted by Gasteiger charge is 2.35. The normalized spacial score (nSPS) is 11.5. The van der Waals surface area contributed by atoms with Crippen molar-refractivity contribution in [2.24, 2.45) is 15.0 Å². The lowest BCUT2D eigenvalue weighted by atomic mass is 10.0. The van der Waals surface area contributed by atoms with Crippen molar-refractivity contribution in [3.63, 3.8) is 0 Å². The fourth-order valence-corrected chi connectivity index (χ4v) is 4.15. The van der Waals surface area contributed by atoms with Gasteiger partial charge in [0.2, 0.25) is 0 Å². The van der Waals surface area contributed by atoms with Crippen LogP contribution in [0.3, 0.4) is 0 Å². The summed E-state index contributed by atoms with van der Waals surface area (Å²) in [6, 6.07) is 17.8. The monoisotopic (exact) mass is 542 g/mol. The van der Waals surface area contributed by atoms with E-state index in [0.29, 0.717) is 27.7 Å². The molecule has 0 N–H and O–H groups in total. The third-order valence-corrected chi connectivity index (χ3v) is 5.93. The van der Waals surface area contributed by atoms with E-state index in [1.807, 2.05) is 19.1 Å². The molecule has 4 rings (SSSR count). The van der Waals surface area contributed by atoms with Gasteiger partial charge in [-0.15, -0.1) is 4.99 Å². The van der Waals surface area contributed by atoms with Crippen molar-refractivity contribution in [2.45, 2.75) is 6.92 Å². The van der Waals surface area contributed by atoms with Crippen LogP contribution in [0.5, 0.6) is 0 Å². The minimum absolute atomic E-state index is 0.0552. The van der Waals surface area contributed by atoms with Crippen molar-refractivity contribution in [1.82, 2.24) is 0 Å². The second-order valence-electron chi connectivity index (χ2n) is 8.24. The van der Waals surface area contributed by atoms with Gasteiger partial charge in [-0.05, 0) is 37.0 Å². The highest BCUT2D eigenvalue weighted by Crippen LogP contribution is 2.51. The third kappa shape index (κ3) is 5.65. The van der Waals surface area contributed by atoms with E-state index in [0.717, 1.165) is 16.8 Å². The molecule has 0 unspecified atom stereocenters. The van der Waals surface area contributed by atoms with Gasteiger partial charge in [-0.25, -0.2) is 9.98 Å². The third-order valence-electron chi connectivity index (χ3n) is 5.93. The van der Waals surface area contributed by atoms with E-state index >= 15 is 0 Å². The Labute approximate surface area is 233 Å². The van der Waals surface area contributed by atoms with Crippen LogP contribution in [-0.4, -0.2) is 30.0 Å². The van der Waals surface area contributed by atoms with Gasteiger partial charge in [0, 0.05) is 22.1 Å². The second kappa shape index (κ2) is 12.3. The molecule has 3 aromatic carbocycles. The van der Waals surface area contributed by atoms with Crippen molar-refractivity contribution >= 4 is 48.5 Å². The van der Waals surface area contributed by atoms with Crippen LogP contribution in [0.2, 0.25) is 0 Å². The van der Waals surface area contributed by atoms with Crippen molar-refractivity contribution < 1.29 is 9.85 Å². The molecule has 0 heterocycles. The minimum Gasteiger partial charge on any atom is -0.360 e. The standard InChI is InChI=1S/C17H10N4O4.C12H8N4/c1-9-4-5-11-12(6-9)16(17(18-2)19-3)13-7-10(20(22)23)8-14(15(11)13)21(24)25;1-15-12(16-2)10-5-3-9(4-6-10)11(7-13)8-14/h4-8H,2H2,1H3;3-6H,1-2H2/b17-16-;. The van der Waals surface area contributed by atoms with E-state index in [9.17, 15) is 20.2 Å². The molecule has 0 aromatic heterocycles. The molecule has 0 spiro atoms. The molecule has 0 radical (unpaired) electrons. The first-order valence-corrected chi connectivity index (χ1v) is 11.4. The molecule has 3 aromatic rings. The Hall–Kier alpha value is -6.58. The average Bonchev–Trinajstić information content (AvgIpc) is 3.28. The number of nitro benzene ring substituents is 2. The Balaban J connectivity index is 0.000000250. The van der Waals surface area contributed by atoms with Crippen LogP contribution in [-0.2, 0) is 0 Å². The Kier molecular flexibility index (Phi) is 8.70. The Morgan fingerprint density at radius 3 is 1.95 bits per heavy atom. The molecule has 198 valence electrons. The molecule has 0 fully saturated rings. The molecule has 0 bridgehead atoms. The second-order valence-corrected chi connectivity index (χ2v) is 8.24. The van der Waals surface area contributed by atoms with Gasteiger partial charge in [0.05, 0.1) is 28.2 Å². The molecule has 0 atom stereocenters. The summed E-state index contributed by atoms with van der Waals surface area (Å²) in [6.07, 6.45) is 0. The summed E-state index contributed by atoms with van der Waals surface area (Å²) in [4.78, 5) is 35.7. The largest absolute Gasteiger partial charge is 0.360 e. The number of rotatable bonds is 5. The minimum atomic E-state index is -0.696. The van der Waals surface area contributed by atoms with Crippen LogP contribution >= 0.6 is 0 Å². The SMILES string of the molecule is C=NC(N=C)=c1ccc(=C(C#N)C#N)cc1.[C-]#[N+]/C(N=C)=C1/c2cc(C)ccc2-c2c1cc([N+](=O)[O-])cc2[N+](=O)[O-]. The first-order valence-electron chi connectivity index (χ1n) is 11.4. The van der Waals surface area contributed by atoms with Crippen molar-refractivity contribution in [3.8, 4) is 23.3 Å². The van der Waals surface area contributed by atoms with Gasteiger partial charge in [0.15, 0.2) is 5.82 Å². The first kappa shape index (κ1) is 29.0. The molecule has 12 nitrogen and oxygen atoms in total. The van der Waals surface area contributed by atoms with E-state index in [-0.39, 0.29) is 28.2 Å². The molecular formula is C29H18N8O4. The van der Waals surface area contributed by atoms with Crippen LogP contribution in [0.1, 0.15) is 16.7 Å². The number of hydrogen-bond acceptors (Lipinski definition) is 9. The van der Waals surface area contributed by atoms with Gasteiger partial charge in [-0.3, -0.25) is 20.2 Å². The van der Waals surface area contributed by atoms with Gasteiger partial charge < -0.3 is 4.85 Å². The summed E-state index contributed by atoms with van der Waals surface area (Å²) >= 11 is 0. The molecule has 0 saturated heterocycles. The topological polar surface area (TPSA) is 175 Å². The molecule has 0 amide bonds. The van der Waals surface area contributed by atoms with Gasteiger partial charge in [0.1, 0.15) is 17.7 Å². The number of aryl methyl sites for hydroxylation is 1. The quantitative estimate of drug-likeness (QED) is 0.155. The smallest absolute Gasteiger partial charge is 0.284 e. The fraction of sp³-hybridized carbons (Fsp3) is 0.0345. The van der Waals surface area contributed by atoms with E-state index < -0.39 is 15.5 Å². The molecule has 1 aliphatic carbocycles. The van der Waals surface area contributed by atoms with Gasteiger partial charge in [0.25, 0.3) is 17.2 Å². The van der Waals surface area contributed by atoms with E-state index in [4.69, 9.17) is 17.1 Å². The van der Waals surface area contributed by atoms with E-state index in [1.165, 1.54) is 6.07 Å². The van der Waals surface area contributed by atoms with E-state index in [2.05, 4.69) is 40.0 Å². The van der Waals surface area contributed by atoms with Crippen LogP contribution in [0.4, 0.5) is 11.4 Å². The maximum Gasteiger partial charge on any atom is 0.284 e. The highest BCUT2D eigenvalue weighted by atomic mass is 16.6. The zero-order valence-corrected chi connectivity index (χ0v) is 21.5. The molecule has 0 saturated carbocycles. The number of nitrogens with zero attached hydrogens (tertiary/aromatic N) is 8. The number of benzene rings is 3. The summed E-state index contributed by atoms with van der Waals surface area (Å²) in [5, 5.41) is 41.4. The Morgan fingerprint density at radius 1 is 0.854 bits per heavy atom. The van der Waals surface area contributed by atoms with Crippen LogP contribution in [0.15, 0.2) is 75.4 Å². The number of hydrogen-bond donors (Lipinski definition) is 0. The molecule has 12 heteroatoms. The number of non-ortho nitro benzene ring substituents is 1. The van der Waals surface area contributed by atoms with Crippen molar-refractivity contribution in [3.05, 3.63) is 119 Å². The van der Waals surface area contributed by atoms with Crippen LogP contribution in [0.25, 0.3) is 32.9 Å². The predicted molar refractivity (Wildman–Crippen MR) is 155 cm³/mol. The van der Waals surface area contributed by atoms with Crippen LogP contribution in [0, 0.1) is 56.4 Å². The predicted octanol–water partition coefficient (Wildman–Crippen LogP) is 4.48. The maximum atomic E-state index is 11.5. The summed E-state index contributed by atoms with van der Waals surface area (Å²) in [6.45, 7) is 19.3. The fourth-order valence-electron chi connectivity index (χ4n) is 4.15. The maximum absolute atomic E-state index is 11.5. The number of aliphatic imine (C=N–C) groups is 3.